The highest BCUT2D eigenvalue weighted by Crippen LogP contribution is 2.41. The molecule has 0 aliphatic rings. The van der Waals surface area contributed by atoms with E-state index in [1.54, 1.807) is 25.1 Å². The van der Waals surface area contributed by atoms with E-state index in [0.717, 1.165) is 0 Å². The largest absolute Gasteiger partial charge is 0.493 e. The first-order valence-corrected chi connectivity index (χ1v) is 8.57. The lowest BCUT2D eigenvalue weighted by Gasteiger charge is -2.27. The third-order valence-corrected chi connectivity index (χ3v) is 4.53. The number of nitrogens with one attached hydrogen (secondary N) is 1. The molecule has 10 heteroatoms. The van der Waals surface area contributed by atoms with Crippen LogP contribution in [-0.4, -0.2) is 41.5 Å². The Morgan fingerprint density at radius 1 is 0.966 bits per heavy atom. The lowest BCUT2D eigenvalue weighted by molar-refractivity contribution is -0.143. The fourth-order valence-corrected chi connectivity index (χ4v) is 3.24. The molecule has 10 nitrogen and oxygen atoms in total. The summed E-state index contributed by atoms with van der Waals surface area (Å²) >= 11 is 0. The fraction of sp³-hybridized carbons (Fsp3) is 0.263. The number of rotatable bonds is 6. The number of aryl methyl sites for hydroxylation is 1. The Balaban J connectivity index is 2.07. The van der Waals surface area contributed by atoms with Gasteiger partial charge in [0.1, 0.15) is 5.82 Å². The maximum atomic E-state index is 10.8. The molecular weight excluding hydrogens is 378 g/mol. The van der Waals surface area contributed by atoms with Crippen LogP contribution in [-0.2, 0) is 5.91 Å². The van der Waals surface area contributed by atoms with E-state index < -0.39 is 5.91 Å². The summed E-state index contributed by atoms with van der Waals surface area (Å²) in [4.78, 5) is 8.07. The molecule has 0 bridgehead atoms. The van der Waals surface area contributed by atoms with Gasteiger partial charge in [0, 0.05) is 28.8 Å². The smallest absolute Gasteiger partial charge is 0.273 e. The molecule has 0 fully saturated rings. The number of nitrogens with zero attached hydrogens (tertiary/aromatic N) is 2. The Morgan fingerprint density at radius 2 is 1.59 bits per heavy atom. The Kier molecular flexibility index (Phi) is 5.23. The van der Waals surface area contributed by atoms with Crippen LogP contribution in [0, 0.1) is 6.92 Å². The van der Waals surface area contributed by atoms with Gasteiger partial charge in [0.15, 0.2) is 11.5 Å². The van der Waals surface area contributed by atoms with Gasteiger partial charge in [-0.3, -0.25) is 0 Å². The molecule has 0 aliphatic carbocycles. The molecule has 29 heavy (non-hydrogen) atoms. The van der Waals surface area contributed by atoms with Gasteiger partial charge >= 0.3 is 0 Å². The maximum Gasteiger partial charge on any atom is 0.273 e. The van der Waals surface area contributed by atoms with Crippen molar-refractivity contribution in [1.29, 1.82) is 0 Å². The van der Waals surface area contributed by atoms with Crippen LogP contribution in [0.25, 0.3) is 10.9 Å². The van der Waals surface area contributed by atoms with E-state index in [2.05, 4.69) is 15.3 Å². The average molecular weight is 401 g/mol. The molecule has 0 amide bonds. The van der Waals surface area contributed by atoms with Crippen molar-refractivity contribution in [2.75, 3.05) is 38.1 Å². The van der Waals surface area contributed by atoms with E-state index in [1.807, 2.05) is 0 Å². The molecular formula is C19H23N5O5. The summed E-state index contributed by atoms with van der Waals surface area (Å²) in [5.74, 6) is -1.17. The lowest BCUT2D eigenvalue weighted by atomic mass is 10.00. The molecule has 0 saturated carbocycles. The van der Waals surface area contributed by atoms with Gasteiger partial charge in [0.2, 0.25) is 11.7 Å². The molecule has 2 aromatic carbocycles. The van der Waals surface area contributed by atoms with Gasteiger partial charge in [-0.25, -0.2) is 4.98 Å². The first-order valence-electron chi connectivity index (χ1n) is 8.57. The van der Waals surface area contributed by atoms with E-state index in [9.17, 15) is 10.2 Å². The minimum atomic E-state index is -2.45. The predicted octanol–water partition coefficient (Wildman–Crippen LogP) is 1.34. The van der Waals surface area contributed by atoms with Crippen molar-refractivity contribution in [3.8, 4) is 17.2 Å². The van der Waals surface area contributed by atoms with Gasteiger partial charge in [-0.15, -0.1) is 0 Å². The zero-order valence-electron chi connectivity index (χ0n) is 16.5. The molecule has 3 rings (SSSR count). The second kappa shape index (κ2) is 7.49. The zero-order chi connectivity index (χ0) is 21.3. The minimum absolute atomic E-state index is 0.0389. The second-order valence-corrected chi connectivity index (χ2v) is 6.31. The van der Waals surface area contributed by atoms with Crippen molar-refractivity contribution in [2.45, 2.75) is 12.8 Å². The molecule has 154 valence electrons. The number of hydrogen-bond acceptors (Lipinski definition) is 10. The summed E-state index contributed by atoms with van der Waals surface area (Å²) in [7, 11) is 4.41. The van der Waals surface area contributed by atoms with E-state index >= 15 is 0 Å². The van der Waals surface area contributed by atoms with Gasteiger partial charge in [-0.1, -0.05) is 0 Å². The molecule has 1 heterocycles. The summed E-state index contributed by atoms with van der Waals surface area (Å²) < 4.78 is 15.9. The Labute approximate surface area is 167 Å². The first kappa shape index (κ1) is 20.2. The molecule has 0 atom stereocenters. The van der Waals surface area contributed by atoms with Crippen molar-refractivity contribution >= 4 is 28.4 Å². The normalized spacial score (nSPS) is 11.4. The van der Waals surface area contributed by atoms with Gasteiger partial charge in [0.25, 0.3) is 5.91 Å². The quantitative estimate of drug-likeness (QED) is 0.382. The highest BCUT2D eigenvalue weighted by atomic mass is 16.5. The number of aromatic nitrogens is 2. The number of fused-ring (bicyclic) bond motifs is 1. The Bertz CT molecular complexity index is 1050. The van der Waals surface area contributed by atoms with Gasteiger partial charge in [0.05, 0.1) is 26.8 Å². The molecule has 7 N–H and O–H groups in total. The lowest BCUT2D eigenvalue weighted by Crippen LogP contribution is -2.35. The summed E-state index contributed by atoms with van der Waals surface area (Å²) in [5, 5.41) is 24.8. The zero-order valence-corrected chi connectivity index (χ0v) is 16.5. The standard InChI is InChI=1S/C19H23N5O5/c1-9-11(5-6-12-15(9)17(20)23-18(21)22-12)19(25,26)24-10-7-13(27-2)16(29-4)14(8-10)28-3/h5-8,24-26H,1-4H3,(H4,20,21,22,23). The summed E-state index contributed by atoms with van der Waals surface area (Å²) in [5.41, 5.74) is 13.1. The van der Waals surface area contributed by atoms with Crippen LogP contribution in [0.15, 0.2) is 24.3 Å². The molecule has 0 aliphatic heterocycles. The summed E-state index contributed by atoms with van der Waals surface area (Å²) in [6.07, 6.45) is 0. The van der Waals surface area contributed by atoms with Crippen LogP contribution >= 0.6 is 0 Å². The summed E-state index contributed by atoms with van der Waals surface area (Å²) in [6, 6.07) is 6.22. The number of methoxy groups -OCH3 is 3. The van der Waals surface area contributed by atoms with E-state index in [1.165, 1.54) is 27.4 Å². The number of aliphatic hydroxyl groups is 2. The predicted molar refractivity (Wildman–Crippen MR) is 109 cm³/mol. The molecule has 0 radical (unpaired) electrons. The topological polar surface area (TPSA) is 158 Å². The molecule has 1 aromatic heterocycles. The van der Waals surface area contributed by atoms with Crippen molar-refractivity contribution in [2.24, 2.45) is 0 Å². The van der Waals surface area contributed by atoms with E-state index in [4.69, 9.17) is 25.7 Å². The Hall–Kier alpha value is -3.50. The minimum Gasteiger partial charge on any atom is -0.493 e. The number of benzene rings is 2. The third-order valence-electron chi connectivity index (χ3n) is 4.53. The van der Waals surface area contributed by atoms with E-state index in [-0.39, 0.29) is 17.3 Å². The van der Waals surface area contributed by atoms with Crippen molar-refractivity contribution in [3.05, 3.63) is 35.4 Å². The average Bonchev–Trinajstić information content (AvgIpc) is 2.66. The van der Waals surface area contributed by atoms with Gasteiger partial charge < -0.3 is 41.2 Å². The number of anilines is 3. The van der Waals surface area contributed by atoms with Gasteiger partial charge in [-0.2, -0.15) is 4.98 Å². The van der Waals surface area contributed by atoms with Gasteiger partial charge in [-0.05, 0) is 24.6 Å². The second-order valence-electron chi connectivity index (χ2n) is 6.31. The van der Waals surface area contributed by atoms with Crippen LogP contribution in [0.2, 0.25) is 0 Å². The van der Waals surface area contributed by atoms with Crippen LogP contribution < -0.4 is 31.0 Å². The van der Waals surface area contributed by atoms with Crippen LogP contribution in [0.4, 0.5) is 17.5 Å². The highest BCUT2D eigenvalue weighted by molar-refractivity contribution is 5.92. The molecule has 0 unspecified atom stereocenters. The van der Waals surface area contributed by atoms with Crippen molar-refractivity contribution in [1.82, 2.24) is 9.97 Å². The number of nitrogens with two attached hydrogens (primary N) is 2. The van der Waals surface area contributed by atoms with Crippen LogP contribution in [0.3, 0.4) is 0 Å². The highest BCUT2D eigenvalue weighted by Gasteiger charge is 2.30. The monoisotopic (exact) mass is 401 g/mol. The van der Waals surface area contributed by atoms with E-state index in [0.29, 0.717) is 39.4 Å². The van der Waals surface area contributed by atoms with Crippen LogP contribution in [0.1, 0.15) is 11.1 Å². The molecule has 3 aromatic rings. The third kappa shape index (κ3) is 3.62. The maximum absolute atomic E-state index is 10.8. The van der Waals surface area contributed by atoms with Crippen molar-refractivity contribution in [3.63, 3.8) is 0 Å². The number of nitrogen functional groups attached to an aromatic ring is 2. The summed E-state index contributed by atoms with van der Waals surface area (Å²) in [6.45, 7) is 1.69. The van der Waals surface area contributed by atoms with Crippen LogP contribution in [0.5, 0.6) is 17.2 Å². The number of hydrogen-bond donors (Lipinski definition) is 5. The first-order chi connectivity index (χ1) is 13.7. The molecule has 0 spiro atoms. The SMILES string of the molecule is COc1cc(NC(O)(O)c2ccc3nc(N)nc(N)c3c2C)cc(OC)c1OC. The molecule has 0 saturated heterocycles. The number of ether oxygens (including phenoxy) is 3. The Morgan fingerprint density at radius 3 is 2.14 bits per heavy atom. The van der Waals surface area contributed by atoms with Crippen molar-refractivity contribution < 1.29 is 24.4 Å². The fourth-order valence-electron chi connectivity index (χ4n) is 3.24.